The minimum Gasteiger partial charge on any atom is -0.342 e. The number of piperazine rings is 1. The Bertz CT molecular complexity index is 419. The van der Waals surface area contributed by atoms with Crippen molar-refractivity contribution in [3.05, 3.63) is 0 Å². The number of carbonyl (C=O) groups excluding carboxylic acids is 2. The number of hydrogen-bond acceptors (Lipinski definition) is 2. The fraction of sp³-hybridized carbons (Fsp3) is 0.882. The molecule has 0 aromatic heterocycles. The van der Waals surface area contributed by atoms with Crippen molar-refractivity contribution < 1.29 is 9.59 Å². The molecule has 1 N–H and O–H groups in total. The molecule has 0 spiro atoms. The van der Waals surface area contributed by atoms with Crippen molar-refractivity contribution in [1.82, 2.24) is 10.2 Å². The largest absolute Gasteiger partial charge is 0.342 e. The van der Waals surface area contributed by atoms with Crippen LogP contribution in [0.15, 0.2) is 0 Å². The second kappa shape index (κ2) is 5.98. The maximum absolute atomic E-state index is 13.0. The first-order valence-electron chi connectivity index (χ1n) is 8.79. The predicted octanol–water partition coefficient (Wildman–Crippen LogP) is 2.47. The highest BCUT2D eigenvalue weighted by molar-refractivity contribution is 5.97. The van der Waals surface area contributed by atoms with E-state index in [-0.39, 0.29) is 29.9 Å². The lowest BCUT2D eigenvalue weighted by Gasteiger charge is -2.47. The molecular weight excluding hydrogens is 264 g/mol. The molecule has 0 radical (unpaired) electrons. The summed E-state index contributed by atoms with van der Waals surface area (Å²) in [5.74, 6) is 1.25. The highest BCUT2D eigenvalue weighted by Crippen LogP contribution is 2.38. The normalized spacial score (nSPS) is 37.5. The molecule has 4 heteroatoms. The lowest BCUT2D eigenvalue weighted by Crippen LogP contribution is -2.67. The van der Waals surface area contributed by atoms with E-state index in [9.17, 15) is 9.59 Å². The lowest BCUT2D eigenvalue weighted by atomic mass is 9.80. The van der Waals surface area contributed by atoms with E-state index in [2.05, 4.69) is 12.2 Å². The van der Waals surface area contributed by atoms with Gasteiger partial charge < -0.3 is 10.2 Å². The van der Waals surface area contributed by atoms with Crippen LogP contribution in [0.25, 0.3) is 0 Å². The molecule has 3 rings (SSSR count). The van der Waals surface area contributed by atoms with Crippen LogP contribution in [0.4, 0.5) is 0 Å². The summed E-state index contributed by atoms with van der Waals surface area (Å²) in [4.78, 5) is 27.5. The van der Waals surface area contributed by atoms with E-state index in [1.54, 1.807) is 0 Å². The van der Waals surface area contributed by atoms with Crippen LogP contribution in [0.5, 0.6) is 0 Å². The Morgan fingerprint density at radius 2 is 1.76 bits per heavy atom. The summed E-state index contributed by atoms with van der Waals surface area (Å²) in [6, 6.07) is -0.196. The Kier molecular flexibility index (Phi) is 4.23. The summed E-state index contributed by atoms with van der Waals surface area (Å²) >= 11 is 0. The summed E-state index contributed by atoms with van der Waals surface area (Å²) in [5.41, 5.74) is 0. The Balaban J connectivity index is 1.86. The van der Waals surface area contributed by atoms with Gasteiger partial charge in [-0.05, 0) is 43.9 Å². The Labute approximate surface area is 127 Å². The van der Waals surface area contributed by atoms with Gasteiger partial charge in [0.25, 0.3) is 0 Å². The van der Waals surface area contributed by atoms with Crippen LogP contribution in [-0.2, 0) is 9.59 Å². The molecule has 1 heterocycles. The van der Waals surface area contributed by atoms with Gasteiger partial charge in [-0.3, -0.25) is 9.59 Å². The van der Waals surface area contributed by atoms with E-state index in [1.807, 2.05) is 11.8 Å². The number of carbonyl (C=O) groups is 2. The molecular formula is C17H28N2O2. The third kappa shape index (κ3) is 2.69. The second-order valence-electron chi connectivity index (χ2n) is 7.01. The summed E-state index contributed by atoms with van der Waals surface area (Å²) in [6.07, 6.45) is 8.75. The zero-order valence-electron chi connectivity index (χ0n) is 13.3. The molecule has 118 valence electrons. The van der Waals surface area contributed by atoms with Crippen LogP contribution in [0, 0.1) is 11.8 Å². The van der Waals surface area contributed by atoms with E-state index < -0.39 is 0 Å². The first-order chi connectivity index (χ1) is 10.2. The van der Waals surface area contributed by atoms with Gasteiger partial charge in [-0.25, -0.2) is 0 Å². The SMILES string of the molecule is CCC1CCCCC1N1C(=O)C(C2CC2)NC(=O)C1CC. The van der Waals surface area contributed by atoms with E-state index in [0.717, 1.165) is 32.1 Å². The van der Waals surface area contributed by atoms with Crippen LogP contribution in [-0.4, -0.2) is 34.8 Å². The molecule has 1 saturated heterocycles. The smallest absolute Gasteiger partial charge is 0.246 e. The third-order valence-electron chi connectivity index (χ3n) is 5.69. The van der Waals surface area contributed by atoms with Crippen LogP contribution in [0.1, 0.15) is 65.2 Å². The fourth-order valence-electron chi connectivity index (χ4n) is 4.31. The average molecular weight is 292 g/mol. The topological polar surface area (TPSA) is 49.4 Å². The zero-order valence-corrected chi connectivity index (χ0v) is 13.3. The van der Waals surface area contributed by atoms with E-state index in [1.165, 1.54) is 19.3 Å². The van der Waals surface area contributed by atoms with Gasteiger partial charge in [0.05, 0.1) is 0 Å². The van der Waals surface area contributed by atoms with Gasteiger partial charge in [-0.2, -0.15) is 0 Å². The van der Waals surface area contributed by atoms with Crippen LogP contribution >= 0.6 is 0 Å². The maximum Gasteiger partial charge on any atom is 0.246 e. The molecule has 3 fully saturated rings. The fourth-order valence-corrected chi connectivity index (χ4v) is 4.31. The van der Waals surface area contributed by atoms with Gasteiger partial charge >= 0.3 is 0 Å². The van der Waals surface area contributed by atoms with Crippen molar-refractivity contribution in [3.63, 3.8) is 0 Å². The molecule has 0 aromatic rings. The molecule has 21 heavy (non-hydrogen) atoms. The van der Waals surface area contributed by atoms with Gasteiger partial charge in [0.1, 0.15) is 12.1 Å². The van der Waals surface area contributed by atoms with Crippen molar-refractivity contribution >= 4 is 11.8 Å². The van der Waals surface area contributed by atoms with Crippen molar-refractivity contribution in [2.45, 2.75) is 83.3 Å². The average Bonchev–Trinajstić information content (AvgIpc) is 3.33. The highest BCUT2D eigenvalue weighted by atomic mass is 16.2. The van der Waals surface area contributed by atoms with Crippen molar-refractivity contribution in [1.29, 1.82) is 0 Å². The summed E-state index contributed by atoms with van der Waals surface area (Å²) < 4.78 is 0. The number of nitrogens with zero attached hydrogens (tertiary/aromatic N) is 1. The Morgan fingerprint density at radius 1 is 1.05 bits per heavy atom. The Hall–Kier alpha value is -1.06. The number of hydrogen-bond donors (Lipinski definition) is 1. The minimum absolute atomic E-state index is 0.0782. The van der Waals surface area contributed by atoms with Gasteiger partial charge in [0, 0.05) is 6.04 Å². The summed E-state index contributed by atoms with van der Waals surface area (Å²) in [5, 5.41) is 3.00. The van der Waals surface area contributed by atoms with E-state index in [4.69, 9.17) is 0 Å². The number of nitrogens with one attached hydrogen (secondary N) is 1. The quantitative estimate of drug-likeness (QED) is 0.865. The Morgan fingerprint density at radius 3 is 2.38 bits per heavy atom. The highest BCUT2D eigenvalue weighted by Gasteiger charge is 2.49. The monoisotopic (exact) mass is 292 g/mol. The summed E-state index contributed by atoms with van der Waals surface area (Å²) in [6.45, 7) is 4.24. The second-order valence-corrected chi connectivity index (χ2v) is 7.01. The standard InChI is InChI=1S/C17H28N2O2/c1-3-11-7-5-6-8-14(11)19-13(4-2)16(20)18-15(17(19)21)12-9-10-12/h11-15H,3-10H2,1-2H3,(H,18,20). The lowest BCUT2D eigenvalue weighted by molar-refractivity contribution is -0.155. The van der Waals surface area contributed by atoms with Crippen molar-refractivity contribution in [2.24, 2.45) is 11.8 Å². The van der Waals surface area contributed by atoms with Gasteiger partial charge in [-0.15, -0.1) is 0 Å². The summed E-state index contributed by atoms with van der Waals surface area (Å²) in [7, 11) is 0. The number of amides is 2. The third-order valence-corrected chi connectivity index (χ3v) is 5.69. The molecule has 0 bridgehead atoms. The van der Waals surface area contributed by atoms with Crippen LogP contribution < -0.4 is 5.32 Å². The van der Waals surface area contributed by atoms with Gasteiger partial charge in [0.2, 0.25) is 11.8 Å². The van der Waals surface area contributed by atoms with Gasteiger partial charge in [0.15, 0.2) is 0 Å². The molecule has 1 aliphatic heterocycles. The maximum atomic E-state index is 13.0. The molecule has 2 saturated carbocycles. The van der Waals surface area contributed by atoms with E-state index >= 15 is 0 Å². The van der Waals surface area contributed by atoms with Crippen molar-refractivity contribution in [3.8, 4) is 0 Å². The molecule has 3 aliphatic rings. The first kappa shape index (κ1) is 14.9. The molecule has 2 amide bonds. The molecule has 4 atom stereocenters. The number of rotatable bonds is 4. The predicted molar refractivity (Wildman–Crippen MR) is 81.6 cm³/mol. The first-order valence-corrected chi connectivity index (χ1v) is 8.79. The molecule has 2 aliphatic carbocycles. The van der Waals surface area contributed by atoms with Crippen LogP contribution in [0.3, 0.4) is 0 Å². The van der Waals surface area contributed by atoms with E-state index in [0.29, 0.717) is 11.8 Å². The molecule has 0 aromatic carbocycles. The van der Waals surface area contributed by atoms with Crippen molar-refractivity contribution in [2.75, 3.05) is 0 Å². The molecule has 4 nitrogen and oxygen atoms in total. The zero-order chi connectivity index (χ0) is 15.0. The molecule has 4 unspecified atom stereocenters. The van der Waals surface area contributed by atoms with Crippen LogP contribution in [0.2, 0.25) is 0 Å². The minimum atomic E-state index is -0.246. The van der Waals surface area contributed by atoms with Gasteiger partial charge in [-0.1, -0.05) is 33.1 Å².